The van der Waals surface area contributed by atoms with Gasteiger partial charge in [-0.15, -0.1) is 0 Å². The monoisotopic (exact) mass is 370 g/mol. The lowest BCUT2D eigenvalue weighted by molar-refractivity contribution is -0.122. The van der Waals surface area contributed by atoms with Crippen LogP contribution in [0.1, 0.15) is 29.0 Å². The number of anilines is 1. The molecule has 0 bridgehead atoms. The van der Waals surface area contributed by atoms with Gasteiger partial charge in [0.1, 0.15) is 0 Å². The summed E-state index contributed by atoms with van der Waals surface area (Å²) < 4.78 is 4.97. The zero-order valence-electron chi connectivity index (χ0n) is 14.8. The smallest absolute Gasteiger partial charge is 0.287 e. The summed E-state index contributed by atoms with van der Waals surface area (Å²) in [4.78, 5) is 37.4. The predicted molar refractivity (Wildman–Crippen MR) is 98.7 cm³/mol. The number of furan rings is 1. The molecule has 8 nitrogen and oxygen atoms in total. The Morgan fingerprint density at radius 3 is 2.81 bits per heavy atom. The molecule has 1 atom stereocenters. The number of nitrogens with two attached hydrogens (primary N) is 1. The summed E-state index contributed by atoms with van der Waals surface area (Å²) >= 11 is 0. The lowest BCUT2D eigenvalue weighted by Gasteiger charge is -2.22. The molecule has 1 fully saturated rings. The Labute approximate surface area is 156 Å². The predicted octanol–water partition coefficient (Wildman–Crippen LogP) is 1.10. The Bertz CT molecular complexity index is 819. The molecule has 27 heavy (non-hydrogen) atoms. The molecule has 1 aromatic carbocycles. The Kier molecular flexibility index (Phi) is 5.87. The number of likely N-dealkylation sites (tertiary alicyclic amines) is 1. The van der Waals surface area contributed by atoms with Crippen LogP contribution in [0.2, 0.25) is 0 Å². The molecule has 0 spiro atoms. The van der Waals surface area contributed by atoms with Gasteiger partial charge >= 0.3 is 0 Å². The fraction of sp³-hybridized carbons (Fsp3) is 0.316. The third-order valence-corrected chi connectivity index (χ3v) is 4.44. The summed E-state index contributed by atoms with van der Waals surface area (Å²) in [5.41, 5.74) is 7.05. The minimum Gasteiger partial charge on any atom is -0.459 e. The largest absolute Gasteiger partial charge is 0.459 e. The SMILES string of the molecule is NC(=O)[C@H]1CCCN1Cc1cccc(NC(=O)CNC(=O)c2ccco2)c1. The summed E-state index contributed by atoms with van der Waals surface area (Å²) in [7, 11) is 0. The van der Waals surface area contributed by atoms with Crippen LogP contribution in [0.5, 0.6) is 0 Å². The maximum atomic E-state index is 12.1. The van der Waals surface area contributed by atoms with E-state index in [9.17, 15) is 14.4 Å². The van der Waals surface area contributed by atoms with Crippen LogP contribution in [0, 0.1) is 0 Å². The molecule has 1 aliphatic heterocycles. The van der Waals surface area contributed by atoms with Crippen molar-refractivity contribution in [1.82, 2.24) is 10.2 Å². The average molecular weight is 370 g/mol. The summed E-state index contributed by atoms with van der Waals surface area (Å²) in [6.07, 6.45) is 3.12. The third-order valence-electron chi connectivity index (χ3n) is 4.44. The van der Waals surface area contributed by atoms with Crippen molar-refractivity contribution in [3.05, 3.63) is 54.0 Å². The third kappa shape index (κ3) is 4.95. The topological polar surface area (TPSA) is 118 Å². The number of hydrogen-bond acceptors (Lipinski definition) is 5. The van der Waals surface area contributed by atoms with Gasteiger partial charge in [-0.25, -0.2) is 0 Å². The van der Waals surface area contributed by atoms with Gasteiger partial charge in [0.25, 0.3) is 5.91 Å². The number of amides is 3. The highest BCUT2D eigenvalue weighted by atomic mass is 16.3. The number of carbonyl (C=O) groups excluding carboxylic acids is 3. The fourth-order valence-corrected chi connectivity index (χ4v) is 3.18. The van der Waals surface area contributed by atoms with Crippen molar-refractivity contribution in [2.24, 2.45) is 5.73 Å². The molecular formula is C19H22N4O4. The first-order valence-corrected chi connectivity index (χ1v) is 8.77. The maximum absolute atomic E-state index is 12.1. The molecule has 0 unspecified atom stereocenters. The molecule has 0 radical (unpaired) electrons. The summed E-state index contributed by atoms with van der Waals surface area (Å²) in [6.45, 7) is 1.25. The molecular weight excluding hydrogens is 348 g/mol. The van der Waals surface area contributed by atoms with Crippen LogP contribution >= 0.6 is 0 Å². The van der Waals surface area contributed by atoms with Gasteiger partial charge in [0.15, 0.2) is 5.76 Å². The summed E-state index contributed by atoms with van der Waals surface area (Å²) in [6, 6.07) is 10.3. The van der Waals surface area contributed by atoms with E-state index in [2.05, 4.69) is 10.6 Å². The van der Waals surface area contributed by atoms with Gasteiger partial charge in [-0.1, -0.05) is 12.1 Å². The second-order valence-corrected chi connectivity index (χ2v) is 6.44. The minimum atomic E-state index is -0.449. The Hall–Kier alpha value is -3.13. The van der Waals surface area contributed by atoms with Gasteiger partial charge in [-0.05, 0) is 49.2 Å². The van der Waals surface area contributed by atoms with E-state index in [1.54, 1.807) is 12.1 Å². The number of carbonyl (C=O) groups is 3. The van der Waals surface area contributed by atoms with Gasteiger partial charge in [0, 0.05) is 12.2 Å². The van der Waals surface area contributed by atoms with Crippen LogP contribution in [0.4, 0.5) is 5.69 Å². The molecule has 1 aliphatic rings. The van der Waals surface area contributed by atoms with Crippen molar-refractivity contribution < 1.29 is 18.8 Å². The van der Waals surface area contributed by atoms with Gasteiger partial charge in [0.05, 0.1) is 18.8 Å². The van der Waals surface area contributed by atoms with E-state index < -0.39 is 5.91 Å². The maximum Gasteiger partial charge on any atom is 0.287 e. The Morgan fingerprint density at radius 1 is 1.22 bits per heavy atom. The zero-order valence-corrected chi connectivity index (χ0v) is 14.8. The van der Waals surface area contributed by atoms with Crippen molar-refractivity contribution in [3.63, 3.8) is 0 Å². The highest BCUT2D eigenvalue weighted by Gasteiger charge is 2.28. The van der Waals surface area contributed by atoms with Gasteiger partial charge in [0.2, 0.25) is 11.8 Å². The van der Waals surface area contributed by atoms with E-state index in [4.69, 9.17) is 10.2 Å². The van der Waals surface area contributed by atoms with Crippen LogP contribution < -0.4 is 16.4 Å². The van der Waals surface area contributed by atoms with Crippen LogP contribution in [0.15, 0.2) is 47.1 Å². The molecule has 3 amide bonds. The Balaban J connectivity index is 1.53. The number of primary amides is 1. The number of nitrogens with zero attached hydrogens (tertiary/aromatic N) is 1. The van der Waals surface area contributed by atoms with Crippen molar-refractivity contribution in [2.45, 2.75) is 25.4 Å². The van der Waals surface area contributed by atoms with Gasteiger partial charge in [-0.3, -0.25) is 19.3 Å². The molecule has 2 heterocycles. The van der Waals surface area contributed by atoms with Crippen LogP contribution in [-0.2, 0) is 16.1 Å². The first-order chi connectivity index (χ1) is 13.0. The van der Waals surface area contributed by atoms with E-state index in [1.807, 2.05) is 23.1 Å². The lowest BCUT2D eigenvalue weighted by atomic mass is 10.1. The van der Waals surface area contributed by atoms with Crippen LogP contribution in [0.25, 0.3) is 0 Å². The zero-order chi connectivity index (χ0) is 19.2. The highest BCUT2D eigenvalue weighted by Crippen LogP contribution is 2.21. The number of hydrogen-bond donors (Lipinski definition) is 3. The standard InChI is InChI=1S/C19H22N4O4/c20-18(25)15-6-2-8-23(15)12-13-4-1-5-14(10-13)22-17(24)11-21-19(26)16-7-3-9-27-16/h1,3-5,7,9-10,15H,2,6,8,11-12H2,(H2,20,25)(H,21,26)(H,22,24)/t15-/m1/s1. The molecule has 4 N–H and O–H groups in total. The molecule has 142 valence electrons. The van der Waals surface area contributed by atoms with Crippen molar-refractivity contribution in [1.29, 1.82) is 0 Å². The quantitative estimate of drug-likeness (QED) is 0.674. The molecule has 8 heteroatoms. The van der Waals surface area contributed by atoms with Crippen molar-refractivity contribution >= 4 is 23.4 Å². The summed E-state index contributed by atoms with van der Waals surface area (Å²) in [5.74, 6) is -0.942. The molecule has 0 saturated carbocycles. The van der Waals surface area contributed by atoms with E-state index in [-0.39, 0.29) is 30.2 Å². The van der Waals surface area contributed by atoms with Gasteiger partial charge < -0.3 is 20.8 Å². The van der Waals surface area contributed by atoms with E-state index in [0.29, 0.717) is 12.2 Å². The van der Waals surface area contributed by atoms with Crippen molar-refractivity contribution in [3.8, 4) is 0 Å². The van der Waals surface area contributed by atoms with E-state index in [1.165, 1.54) is 12.3 Å². The average Bonchev–Trinajstić information content (AvgIpc) is 3.32. The first-order valence-electron chi connectivity index (χ1n) is 8.77. The first kappa shape index (κ1) is 18.7. The second kappa shape index (κ2) is 8.50. The Morgan fingerprint density at radius 2 is 2.07 bits per heavy atom. The summed E-state index contributed by atoms with van der Waals surface area (Å²) in [5, 5.41) is 5.24. The van der Waals surface area contributed by atoms with Crippen molar-refractivity contribution in [2.75, 3.05) is 18.4 Å². The van der Waals surface area contributed by atoms with Crippen LogP contribution in [0.3, 0.4) is 0 Å². The minimum absolute atomic E-state index is 0.152. The molecule has 1 aromatic heterocycles. The molecule has 2 aromatic rings. The molecule has 3 rings (SSSR count). The highest BCUT2D eigenvalue weighted by molar-refractivity contribution is 5.98. The number of nitrogens with one attached hydrogen (secondary N) is 2. The van der Waals surface area contributed by atoms with E-state index in [0.717, 1.165) is 24.9 Å². The fourth-order valence-electron chi connectivity index (χ4n) is 3.18. The normalized spacial score (nSPS) is 16.8. The second-order valence-electron chi connectivity index (χ2n) is 6.44. The lowest BCUT2D eigenvalue weighted by Crippen LogP contribution is -2.39. The van der Waals surface area contributed by atoms with Gasteiger partial charge in [-0.2, -0.15) is 0 Å². The molecule has 1 saturated heterocycles. The molecule has 0 aliphatic carbocycles. The number of benzene rings is 1. The van der Waals surface area contributed by atoms with E-state index >= 15 is 0 Å². The van der Waals surface area contributed by atoms with Crippen LogP contribution in [-0.4, -0.2) is 41.8 Å². The number of rotatable bonds is 7.